The van der Waals surface area contributed by atoms with Crippen molar-refractivity contribution in [2.24, 2.45) is 0 Å². The molecule has 0 atom stereocenters. The number of rotatable bonds is 3. The Bertz CT molecular complexity index is 353. The summed E-state index contributed by atoms with van der Waals surface area (Å²) in [5, 5.41) is 0. The highest BCUT2D eigenvalue weighted by atomic mass is 19.3. The number of ether oxygens (including phenoxy) is 1. The predicted octanol–water partition coefficient (Wildman–Crippen LogP) is 2.62. The van der Waals surface area contributed by atoms with Crippen LogP contribution in [0.2, 0.25) is 0 Å². The van der Waals surface area contributed by atoms with Crippen molar-refractivity contribution in [2.45, 2.75) is 13.3 Å². The van der Waals surface area contributed by atoms with Gasteiger partial charge in [-0.15, -0.1) is 6.42 Å². The molecule has 0 aliphatic rings. The normalized spacial score (nSPS) is 9.93. The molecular weight excluding hydrogens is 186 g/mol. The van der Waals surface area contributed by atoms with Crippen molar-refractivity contribution in [3.63, 3.8) is 0 Å². The molecule has 0 heterocycles. The average Bonchev–Trinajstić information content (AvgIpc) is 2.15. The van der Waals surface area contributed by atoms with Crippen molar-refractivity contribution >= 4 is 0 Å². The van der Waals surface area contributed by atoms with Crippen LogP contribution in [-0.4, -0.2) is 13.0 Å². The van der Waals surface area contributed by atoms with Crippen LogP contribution in [0.1, 0.15) is 11.1 Å². The van der Waals surface area contributed by atoms with Gasteiger partial charge in [0.15, 0.2) is 0 Å². The maximum atomic E-state index is 11.8. The summed E-state index contributed by atoms with van der Waals surface area (Å²) in [4.78, 5) is 0. The minimum Gasteiger partial charge on any atom is -0.488 e. The predicted molar refractivity (Wildman–Crippen MR) is 50.6 cm³/mol. The molecule has 0 fully saturated rings. The van der Waals surface area contributed by atoms with Crippen molar-refractivity contribution in [1.29, 1.82) is 0 Å². The molecule has 14 heavy (non-hydrogen) atoms. The van der Waals surface area contributed by atoms with Crippen LogP contribution in [-0.2, 0) is 0 Å². The molecule has 1 aromatic rings. The Labute approximate surface area is 81.7 Å². The van der Waals surface area contributed by atoms with E-state index in [0.717, 1.165) is 11.1 Å². The van der Waals surface area contributed by atoms with Crippen molar-refractivity contribution in [3.05, 3.63) is 29.3 Å². The molecule has 0 radical (unpaired) electrons. The van der Waals surface area contributed by atoms with E-state index >= 15 is 0 Å². The molecule has 0 amide bonds. The monoisotopic (exact) mass is 196 g/mol. The van der Waals surface area contributed by atoms with Gasteiger partial charge in [-0.25, -0.2) is 8.78 Å². The highest BCUT2D eigenvalue weighted by Gasteiger charge is 2.04. The lowest BCUT2D eigenvalue weighted by Gasteiger charge is -2.06. The fraction of sp³-hybridized carbons (Fsp3) is 0.273. The van der Waals surface area contributed by atoms with Crippen molar-refractivity contribution in [3.8, 4) is 18.1 Å². The highest BCUT2D eigenvalue weighted by molar-refractivity contribution is 5.43. The molecule has 0 spiro atoms. The molecule has 0 saturated carbocycles. The van der Waals surface area contributed by atoms with Crippen LogP contribution >= 0.6 is 0 Å². The topological polar surface area (TPSA) is 9.23 Å². The van der Waals surface area contributed by atoms with Gasteiger partial charge >= 0.3 is 0 Å². The summed E-state index contributed by atoms with van der Waals surface area (Å²) in [6.07, 6.45) is 2.76. The molecule has 1 rings (SSSR count). The second kappa shape index (κ2) is 4.61. The Morgan fingerprint density at radius 1 is 1.50 bits per heavy atom. The Hall–Kier alpha value is -1.56. The molecule has 1 aromatic carbocycles. The zero-order valence-electron chi connectivity index (χ0n) is 7.76. The maximum absolute atomic E-state index is 11.8. The summed E-state index contributed by atoms with van der Waals surface area (Å²) in [5.74, 6) is 2.90. The van der Waals surface area contributed by atoms with E-state index in [1.54, 1.807) is 18.2 Å². The molecule has 0 N–H and O–H groups in total. The molecule has 0 aliphatic carbocycles. The molecule has 0 aliphatic heterocycles. The first-order valence-electron chi connectivity index (χ1n) is 4.11. The number of alkyl halides is 2. The third-order valence-corrected chi connectivity index (χ3v) is 1.73. The Morgan fingerprint density at radius 2 is 2.21 bits per heavy atom. The van der Waals surface area contributed by atoms with Gasteiger partial charge in [0, 0.05) is 5.56 Å². The minimum absolute atomic E-state index is 0.418. The Kier molecular flexibility index (Phi) is 3.47. The third-order valence-electron chi connectivity index (χ3n) is 1.73. The van der Waals surface area contributed by atoms with Gasteiger partial charge in [-0.1, -0.05) is 5.92 Å². The van der Waals surface area contributed by atoms with E-state index in [2.05, 4.69) is 5.92 Å². The molecule has 0 unspecified atom stereocenters. The second-order valence-electron chi connectivity index (χ2n) is 2.82. The minimum atomic E-state index is -2.46. The molecule has 1 nitrogen and oxygen atoms in total. The number of halogens is 2. The maximum Gasteiger partial charge on any atom is 0.272 e. The first-order chi connectivity index (χ1) is 6.63. The van der Waals surface area contributed by atoms with E-state index in [4.69, 9.17) is 11.2 Å². The van der Waals surface area contributed by atoms with Gasteiger partial charge in [0.05, 0.1) is 0 Å². The smallest absolute Gasteiger partial charge is 0.272 e. The SMILES string of the molecule is C#Cc1ccc(OCC(F)F)cc1C. The summed E-state index contributed by atoms with van der Waals surface area (Å²) in [6.45, 7) is 1.22. The number of benzene rings is 1. The van der Waals surface area contributed by atoms with Crippen LogP contribution in [0.15, 0.2) is 18.2 Å². The zero-order valence-corrected chi connectivity index (χ0v) is 7.76. The van der Waals surface area contributed by atoms with Crippen LogP contribution in [0.25, 0.3) is 0 Å². The van der Waals surface area contributed by atoms with Gasteiger partial charge in [0.1, 0.15) is 12.4 Å². The summed E-state index contributed by atoms with van der Waals surface area (Å²) in [5.41, 5.74) is 1.59. The van der Waals surface area contributed by atoms with Gasteiger partial charge < -0.3 is 4.74 Å². The van der Waals surface area contributed by atoms with Crippen molar-refractivity contribution in [1.82, 2.24) is 0 Å². The van der Waals surface area contributed by atoms with E-state index in [0.29, 0.717) is 5.75 Å². The fourth-order valence-corrected chi connectivity index (χ4v) is 1.05. The van der Waals surface area contributed by atoms with Crippen LogP contribution < -0.4 is 4.74 Å². The first-order valence-corrected chi connectivity index (χ1v) is 4.11. The third kappa shape index (κ3) is 2.74. The molecule has 74 valence electrons. The summed E-state index contributed by atoms with van der Waals surface area (Å²) in [7, 11) is 0. The summed E-state index contributed by atoms with van der Waals surface area (Å²) in [6, 6.07) is 4.91. The highest BCUT2D eigenvalue weighted by Crippen LogP contribution is 2.16. The average molecular weight is 196 g/mol. The van der Waals surface area contributed by atoms with E-state index < -0.39 is 13.0 Å². The van der Waals surface area contributed by atoms with Gasteiger partial charge in [0.25, 0.3) is 6.43 Å². The number of hydrogen-bond acceptors (Lipinski definition) is 1. The zero-order chi connectivity index (χ0) is 10.6. The van der Waals surface area contributed by atoms with Crippen molar-refractivity contribution < 1.29 is 13.5 Å². The molecular formula is C11H10F2O. The number of terminal acetylenes is 1. The Balaban J connectivity index is 2.73. The lowest BCUT2D eigenvalue weighted by atomic mass is 10.1. The van der Waals surface area contributed by atoms with Crippen LogP contribution in [0.3, 0.4) is 0 Å². The number of hydrogen-bond donors (Lipinski definition) is 0. The van der Waals surface area contributed by atoms with Gasteiger partial charge in [-0.05, 0) is 30.7 Å². The molecule has 0 aromatic heterocycles. The van der Waals surface area contributed by atoms with E-state index in [1.165, 1.54) is 0 Å². The number of aryl methyl sites for hydroxylation is 1. The van der Waals surface area contributed by atoms with E-state index in [1.807, 2.05) is 6.92 Å². The first kappa shape index (κ1) is 10.5. The van der Waals surface area contributed by atoms with Gasteiger partial charge in [-0.2, -0.15) is 0 Å². The molecule has 3 heteroatoms. The fourth-order valence-electron chi connectivity index (χ4n) is 1.05. The lowest BCUT2D eigenvalue weighted by Crippen LogP contribution is -2.07. The van der Waals surface area contributed by atoms with Crippen LogP contribution in [0.5, 0.6) is 5.75 Å². The quantitative estimate of drug-likeness (QED) is 0.675. The largest absolute Gasteiger partial charge is 0.488 e. The van der Waals surface area contributed by atoms with E-state index in [9.17, 15) is 8.78 Å². The van der Waals surface area contributed by atoms with Crippen LogP contribution in [0, 0.1) is 19.3 Å². The van der Waals surface area contributed by atoms with E-state index in [-0.39, 0.29) is 0 Å². The summed E-state index contributed by atoms with van der Waals surface area (Å²) >= 11 is 0. The molecule has 0 bridgehead atoms. The van der Waals surface area contributed by atoms with Gasteiger partial charge in [0.2, 0.25) is 0 Å². The second-order valence-corrected chi connectivity index (χ2v) is 2.82. The summed E-state index contributed by atoms with van der Waals surface area (Å²) < 4.78 is 28.4. The standard InChI is InChI=1S/C11H10F2O/c1-3-9-4-5-10(6-8(9)2)14-7-11(12)13/h1,4-6,11H,7H2,2H3. The molecule has 0 saturated heterocycles. The van der Waals surface area contributed by atoms with Crippen molar-refractivity contribution in [2.75, 3.05) is 6.61 Å². The Morgan fingerprint density at radius 3 is 2.71 bits per heavy atom. The lowest BCUT2D eigenvalue weighted by molar-refractivity contribution is 0.0819. The van der Waals surface area contributed by atoms with Crippen LogP contribution in [0.4, 0.5) is 8.78 Å². The van der Waals surface area contributed by atoms with Gasteiger partial charge in [-0.3, -0.25) is 0 Å².